The number of nitrogens with zero attached hydrogens (tertiary/aromatic N) is 2. The standard InChI is InChI=1S/C37H34F14N2O2/c1-17-26(38)28(40)24(29(41)27(17)39)25-30(42)32(44)34(33(45)31(25)43)55-23-12-10-21(14-19(23)16-53(5,6)7)35(36(46,47)48,37(49,50)51)20-9-11-22(54-8)18(13-20)15-52(2,3)4/h9-14H,15-16H2,1-8H3/q+2. The topological polar surface area (TPSA) is 18.5 Å². The maximum atomic E-state index is 15.5. The van der Waals surface area contributed by atoms with E-state index in [2.05, 4.69) is 0 Å². The third kappa shape index (κ3) is 7.79. The average Bonchev–Trinajstić information content (AvgIpc) is 3.04. The van der Waals surface area contributed by atoms with Gasteiger partial charge in [-0.25, -0.2) is 26.3 Å². The molecule has 0 N–H and O–H groups in total. The molecule has 4 aromatic carbocycles. The van der Waals surface area contributed by atoms with E-state index in [1.54, 1.807) is 21.1 Å². The van der Waals surface area contributed by atoms with Gasteiger partial charge in [-0.05, 0) is 42.3 Å². The minimum Gasteiger partial charge on any atom is -0.496 e. The Morgan fingerprint density at radius 3 is 1.20 bits per heavy atom. The summed E-state index contributed by atoms with van der Waals surface area (Å²) < 4.78 is 221. The molecule has 0 heterocycles. The smallest absolute Gasteiger partial charge is 0.411 e. The summed E-state index contributed by atoms with van der Waals surface area (Å²) in [4.78, 5) is 0. The quantitative estimate of drug-likeness (QED) is 0.0903. The van der Waals surface area contributed by atoms with Gasteiger partial charge in [-0.15, -0.1) is 0 Å². The Morgan fingerprint density at radius 1 is 0.509 bits per heavy atom. The van der Waals surface area contributed by atoms with Gasteiger partial charge in [-0.2, -0.15) is 35.1 Å². The van der Waals surface area contributed by atoms with Gasteiger partial charge in [0, 0.05) is 16.7 Å². The molecule has 0 aromatic heterocycles. The first-order valence-corrected chi connectivity index (χ1v) is 15.9. The molecule has 0 radical (unpaired) electrons. The molecule has 55 heavy (non-hydrogen) atoms. The molecule has 4 nitrogen and oxygen atoms in total. The third-order valence-corrected chi connectivity index (χ3v) is 8.51. The molecule has 0 unspecified atom stereocenters. The van der Waals surface area contributed by atoms with Crippen molar-refractivity contribution >= 4 is 0 Å². The number of hydrogen-bond donors (Lipinski definition) is 0. The second-order valence-electron chi connectivity index (χ2n) is 14.8. The first-order valence-electron chi connectivity index (χ1n) is 15.9. The second-order valence-corrected chi connectivity index (χ2v) is 14.8. The number of ether oxygens (including phenoxy) is 2. The Bertz CT molecular complexity index is 2060. The molecule has 0 saturated heterocycles. The largest absolute Gasteiger partial charge is 0.496 e. The summed E-state index contributed by atoms with van der Waals surface area (Å²) in [6.07, 6.45) is -12.2. The molecular formula is C37H34F14N2O2+2. The molecule has 0 aliphatic carbocycles. The van der Waals surface area contributed by atoms with Gasteiger partial charge in [0.25, 0.3) is 0 Å². The van der Waals surface area contributed by atoms with Crippen LogP contribution in [0.25, 0.3) is 11.1 Å². The van der Waals surface area contributed by atoms with E-state index in [0.717, 1.165) is 6.07 Å². The maximum absolute atomic E-state index is 15.5. The zero-order valence-corrected chi connectivity index (χ0v) is 30.4. The minimum atomic E-state index is -6.09. The third-order valence-electron chi connectivity index (χ3n) is 8.51. The van der Waals surface area contributed by atoms with Gasteiger partial charge in [0.1, 0.15) is 24.6 Å². The van der Waals surface area contributed by atoms with Crippen LogP contribution in [0.1, 0.15) is 27.8 Å². The molecule has 0 bridgehead atoms. The summed E-state index contributed by atoms with van der Waals surface area (Å²) in [6, 6.07) is 3.45. The highest BCUT2D eigenvalue weighted by Crippen LogP contribution is 2.57. The fraction of sp³-hybridized carbons (Fsp3) is 0.351. The van der Waals surface area contributed by atoms with Crippen molar-refractivity contribution < 1.29 is 79.9 Å². The van der Waals surface area contributed by atoms with Gasteiger partial charge in [0.15, 0.2) is 34.9 Å². The van der Waals surface area contributed by atoms with Crippen LogP contribution in [0.2, 0.25) is 0 Å². The van der Waals surface area contributed by atoms with Gasteiger partial charge in [-0.3, -0.25) is 0 Å². The molecule has 18 heteroatoms. The van der Waals surface area contributed by atoms with Gasteiger partial charge in [-0.1, -0.05) is 12.1 Å². The maximum Gasteiger partial charge on any atom is 0.411 e. The fourth-order valence-electron chi connectivity index (χ4n) is 6.17. The van der Waals surface area contributed by atoms with Crippen LogP contribution in [0.5, 0.6) is 17.2 Å². The Balaban J connectivity index is 2.02. The first kappa shape index (κ1) is 43.2. The van der Waals surface area contributed by atoms with E-state index >= 15 is 43.9 Å². The molecule has 0 spiro atoms. The number of benzene rings is 4. The molecule has 4 rings (SSSR count). The van der Waals surface area contributed by atoms with E-state index in [0.29, 0.717) is 37.3 Å². The lowest BCUT2D eigenvalue weighted by Gasteiger charge is -2.39. The zero-order chi connectivity index (χ0) is 42.0. The molecule has 300 valence electrons. The molecule has 0 atom stereocenters. The number of alkyl halides is 6. The molecule has 0 saturated carbocycles. The van der Waals surface area contributed by atoms with Gasteiger partial charge in [0.2, 0.25) is 22.8 Å². The number of quaternary nitrogens is 2. The lowest BCUT2D eigenvalue weighted by atomic mass is 9.72. The molecule has 4 aromatic rings. The van der Waals surface area contributed by atoms with Crippen LogP contribution in [0.3, 0.4) is 0 Å². The van der Waals surface area contributed by atoms with Crippen molar-refractivity contribution in [1.82, 2.24) is 0 Å². The van der Waals surface area contributed by atoms with Crippen LogP contribution in [0.4, 0.5) is 61.5 Å². The lowest BCUT2D eigenvalue weighted by Crippen LogP contribution is -2.55. The normalized spacial score (nSPS) is 13.1. The van der Waals surface area contributed by atoms with Crippen molar-refractivity contribution in [2.75, 3.05) is 49.4 Å². The van der Waals surface area contributed by atoms with Crippen molar-refractivity contribution in [1.29, 1.82) is 0 Å². The Hall–Kier alpha value is -4.58. The fourth-order valence-corrected chi connectivity index (χ4v) is 6.17. The van der Waals surface area contributed by atoms with Gasteiger partial charge >= 0.3 is 12.4 Å². The van der Waals surface area contributed by atoms with E-state index in [-0.39, 0.29) is 26.8 Å². The summed E-state index contributed by atoms with van der Waals surface area (Å²) >= 11 is 0. The van der Waals surface area contributed by atoms with Crippen molar-refractivity contribution in [2.24, 2.45) is 0 Å². The van der Waals surface area contributed by atoms with Gasteiger partial charge in [0.05, 0.1) is 60.5 Å². The Morgan fingerprint density at radius 2 is 0.855 bits per heavy atom. The Kier molecular flexibility index (Phi) is 11.4. The van der Waals surface area contributed by atoms with Gasteiger partial charge < -0.3 is 18.4 Å². The number of halogens is 14. The summed E-state index contributed by atoms with van der Waals surface area (Å²) in [7, 11) is 10.4. The molecule has 0 amide bonds. The predicted octanol–water partition coefficient (Wildman–Crippen LogP) is 10.4. The summed E-state index contributed by atoms with van der Waals surface area (Å²) in [5, 5.41) is 0. The number of methoxy groups -OCH3 is 1. The van der Waals surface area contributed by atoms with Crippen molar-refractivity contribution in [3.05, 3.63) is 111 Å². The highest BCUT2D eigenvalue weighted by molar-refractivity contribution is 5.69. The SMILES string of the molecule is COc1ccc(C(c2ccc(Oc3c(F)c(F)c(-c4c(F)c(F)c(C)c(F)c4F)c(F)c3F)c(C[N+](C)(C)C)c2)(C(F)(F)F)C(F)(F)F)cc1C[N+](C)(C)C. The van der Waals surface area contributed by atoms with Crippen molar-refractivity contribution in [3.8, 4) is 28.4 Å². The van der Waals surface area contributed by atoms with Crippen LogP contribution >= 0.6 is 0 Å². The average molecular weight is 805 g/mol. The summed E-state index contributed by atoms with van der Waals surface area (Å²) in [5.74, 6) is -22.2. The van der Waals surface area contributed by atoms with Crippen LogP contribution in [0.15, 0.2) is 36.4 Å². The van der Waals surface area contributed by atoms with E-state index in [4.69, 9.17) is 9.47 Å². The predicted molar refractivity (Wildman–Crippen MR) is 172 cm³/mol. The van der Waals surface area contributed by atoms with Crippen LogP contribution in [-0.4, -0.2) is 70.7 Å². The molecule has 0 fully saturated rings. The highest BCUT2D eigenvalue weighted by atomic mass is 19.4. The molecule has 0 aliphatic rings. The number of hydrogen-bond acceptors (Lipinski definition) is 2. The van der Waals surface area contributed by atoms with E-state index < -0.39 is 116 Å². The Labute approximate surface area is 306 Å². The highest BCUT2D eigenvalue weighted by Gasteiger charge is 2.72. The number of rotatable bonds is 10. The van der Waals surface area contributed by atoms with Crippen LogP contribution < -0.4 is 9.47 Å². The molecule has 0 aliphatic heterocycles. The van der Waals surface area contributed by atoms with Crippen molar-refractivity contribution in [3.63, 3.8) is 0 Å². The van der Waals surface area contributed by atoms with Crippen LogP contribution in [-0.2, 0) is 18.5 Å². The molecular weight excluding hydrogens is 770 g/mol. The van der Waals surface area contributed by atoms with Crippen LogP contribution in [0, 0.1) is 53.5 Å². The lowest BCUT2D eigenvalue weighted by molar-refractivity contribution is -0.884. The second kappa shape index (κ2) is 14.5. The van der Waals surface area contributed by atoms with E-state index in [1.807, 2.05) is 0 Å². The summed E-state index contributed by atoms with van der Waals surface area (Å²) in [5.41, 5.74) is -13.6. The van der Waals surface area contributed by atoms with Crippen molar-refractivity contribution in [2.45, 2.75) is 37.8 Å². The van der Waals surface area contributed by atoms with E-state index in [9.17, 15) is 17.6 Å². The monoisotopic (exact) mass is 804 g/mol. The first-order chi connectivity index (χ1) is 25.0. The van der Waals surface area contributed by atoms with E-state index in [1.165, 1.54) is 28.3 Å². The summed E-state index contributed by atoms with van der Waals surface area (Å²) in [6.45, 7) is -0.0217. The minimum absolute atomic E-state index is 0.00202. The zero-order valence-electron chi connectivity index (χ0n) is 30.4.